The van der Waals surface area contributed by atoms with Crippen molar-refractivity contribution in [3.8, 4) is 11.5 Å². The molecule has 0 fully saturated rings. The largest absolute Gasteiger partial charge is 0.455 e. The van der Waals surface area contributed by atoms with Crippen LogP contribution in [0, 0.1) is 6.92 Å². The molecule has 2 rings (SSSR count). The number of hydrogen-bond donors (Lipinski definition) is 2. The predicted octanol–water partition coefficient (Wildman–Crippen LogP) is 3.60. The van der Waals surface area contributed by atoms with E-state index in [4.69, 9.17) is 15.7 Å². The molecule has 0 aliphatic carbocycles. The van der Waals surface area contributed by atoms with Crippen molar-refractivity contribution < 1.29 is 9.94 Å². The summed E-state index contributed by atoms with van der Waals surface area (Å²) in [6.07, 6.45) is 0.754. The van der Waals surface area contributed by atoms with E-state index in [9.17, 15) is 0 Å². The number of aryl methyl sites for hydroxylation is 2. The van der Waals surface area contributed by atoms with E-state index in [0.717, 1.165) is 17.8 Å². The number of amidine groups is 1. The quantitative estimate of drug-likeness (QED) is 0.382. The average Bonchev–Trinajstić information content (AvgIpc) is 2.48. The highest BCUT2D eigenvalue weighted by Gasteiger charge is 2.15. The van der Waals surface area contributed by atoms with Crippen molar-refractivity contribution in [3.05, 3.63) is 51.8 Å². The van der Waals surface area contributed by atoms with Gasteiger partial charge in [-0.05, 0) is 53.5 Å². The summed E-state index contributed by atoms with van der Waals surface area (Å²) in [5.41, 5.74) is 8.02. The third-order valence-electron chi connectivity index (χ3n) is 2.97. The lowest BCUT2D eigenvalue weighted by molar-refractivity contribution is 0.318. The van der Waals surface area contributed by atoms with Gasteiger partial charge in [0.2, 0.25) is 0 Å². The lowest BCUT2D eigenvalue weighted by atomic mass is 10.2. The summed E-state index contributed by atoms with van der Waals surface area (Å²) in [7, 11) is 0. The van der Waals surface area contributed by atoms with Crippen LogP contribution < -0.4 is 10.5 Å². The Labute approximate surface area is 131 Å². The molecule has 0 bridgehead atoms. The molecule has 0 atom stereocenters. The number of hydrogen-bond acceptors (Lipinski definition) is 4. The summed E-state index contributed by atoms with van der Waals surface area (Å²) in [5, 5.41) is 12.0. The summed E-state index contributed by atoms with van der Waals surface area (Å²) in [6.45, 7) is 3.95. The van der Waals surface area contributed by atoms with Crippen LogP contribution in [0.15, 0.2) is 40.0 Å². The minimum absolute atomic E-state index is 0.0180. The van der Waals surface area contributed by atoms with Gasteiger partial charge < -0.3 is 15.7 Å². The van der Waals surface area contributed by atoms with Gasteiger partial charge in [-0.2, -0.15) is 0 Å². The Hall–Kier alpha value is -2.08. The summed E-state index contributed by atoms with van der Waals surface area (Å²) in [6, 6.07) is 9.14. The van der Waals surface area contributed by atoms with Gasteiger partial charge in [-0.1, -0.05) is 18.1 Å². The summed E-state index contributed by atoms with van der Waals surface area (Å²) in [5.74, 6) is 1.14. The zero-order chi connectivity index (χ0) is 15.4. The van der Waals surface area contributed by atoms with Gasteiger partial charge in [-0.3, -0.25) is 4.98 Å². The van der Waals surface area contributed by atoms with Gasteiger partial charge in [-0.15, -0.1) is 0 Å². The number of aromatic nitrogens is 1. The van der Waals surface area contributed by atoms with E-state index in [-0.39, 0.29) is 5.84 Å². The second-order valence-corrected chi connectivity index (χ2v) is 5.31. The van der Waals surface area contributed by atoms with Crippen molar-refractivity contribution in [2.45, 2.75) is 20.3 Å². The molecule has 0 aliphatic heterocycles. The fourth-order valence-electron chi connectivity index (χ4n) is 1.95. The predicted molar refractivity (Wildman–Crippen MR) is 85.1 cm³/mol. The monoisotopic (exact) mass is 349 g/mol. The molecule has 1 heterocycles. The average molecular weight is 350 g/mol. The highest BCUT2D eigenvalue weighted by atomic mass is 79.9. The number of halogens is 1. The van der Waals surface area contributed by atoms with Gasteiger partial charge in [0.1, 0.15) is 11.5 Å². The first-order chi connectivity index (χ1) is 10.1. The van der Waals surface area contributed by atoms with Crippen LogP contribution in [0.25, 0.3) is 0 Å². The van der Waals surface area contributed by atoms with E-state index >= 15 is 0 Å². The number of pyridine rings is 1. The van der Waals surface area contributed by atoms with E-state index in [1.165, 1.54) is 0 Å². The van der Waals surface area contributed by atoms with E-state index in [2.05, 4.69) is 26.1 Å². The van der Waals surface area contributed by atoms with Crippen molar-refractivity contribution in [2.75, 3.05) is 0 Å². The minimum Gasteiger partial charge on any atom is -0.455 e. The van der Waals surface area contributed by atoms with E-state index in [0.29, 0.717) is 21.5 Å². The third kappa shape index (κ3) is 3.33. The van der Waals surface area contributed by atoms with Gasteiger partial charge in [0.15, 0.2) is 5.84 Å². The first kappa shape index (κ1) is 15.3. The maximum Gasteiger partial charge on any atom is 0.175 e. The molecule has 1 aromatic carbocycles. The van der Waals surface area contributed by atoms with Gasteiger partial charge in [0.25, 0.3) is 0 Å². The van der Waals surface area contributed by atoms with E-state index < -0.39 is 0 Å². The molecule has 0 saturated carbocycles. The number of nitrogens with zero attached hydrogens (tertiary/aromatic N) is 2. The van der Waals surface area contributed by atoms with Gasteiger partial charge >= 0.3 is 0 Å². The number of ether oxygens (including phenoxy) is 1. The Balaban J connectivity index is 2.48. The molecule has 1 aromatic heterocycles. The first-order valence-corrected chi connectivity index (χ1v) is 7.27. The Morgan fingerprint density at radius 3 is 2.76 bits per heavy atom. The van der Waals surface area contributed by atoms with Crippen LogP contribution in [0.5, 0.6) is 11.5 Å². The van der Waals surface area contributed by atoms with Crippen molar-refractivity contribution in [1.29, 1.82) is 0 Å². The standard InChI is InChI=1S/C15H16BrN3O2/c1-3-11-12(8-7-9(2)18-11)21-13-6-4-5-10(16)14(13)15(17)19-20/h4-8,20H,3H2,1-2H3,(H2,17,19). The number of oxime groups is 1. The summed E-state index contributed by atoms with van der Waals surface area (Å²) < 4.78 is 6.61. The van der Waals surface area contributed by atoms with Crippen LogP contribution >= 0.6 is 15.9 Å². The molecular weight excluding hydrogens is 334 g/mol. The van der Waals surface area contributed by atoms with Crippen LogP contribution in [0.3, 0.4) is 0 Å². The van der Waals surface area contributed by atoms with Gasteiger partial charge in [0.05, 0.1) is 11.3 Å². The molecule has 0 spiro atoms. The summed E-state index contributed by atoms with van der Waals surface area (Å²) in [4.78, 5) is 4.46. The molecule has 0 aliphatic rings. The number of rotatable bonds is 4. The topological polar surface area (TPSA) is 80.7 Å². The lowest BCUT2D eigenvalue weighted by Crippen LogP contribution is -2.15. The number of nitrogens with two attached hydrogens (primary N) is 1. The zero-order valence-electron chi connectivity index (χ0n) is 11.8. The molecular formula is C15H16BrN3O2. The smallest absolute Gasteiger partial charge is 0.175 e. The van der Waals surface area contributed by atoms with Gasteiger partial charge in [0, 0.05) is 10.2 Å². The highest BCUT2D eigenvalue weighted by molar-refractivity contribution is 9.10. The molecule has 2 aromatic rings. The SMILES string of the molecule is CCc1nc(C)ccc1Oc1cccc(Br)c1/C(N)=N/O. The van der Waals surface area contributed by atoms with Crippen LogP contribution in [0.1, 0.15) is 23.9 Å². The fourth-order valence-corrected chi connectivity index (χ4v) is 2.50. The highest BCUT2D eigenvalue weighted by Crippen LogP contribution is 2.32. The van der Waals surface area contributed by atoms with Crippen LogP contribution in [-0.4, -0.2) is 16.0 Å². The molecule has 21 heavy (non-hydrogen) atoms. The van der Waals surface area contributed by atoms with Crippen LogP contribution in [0.2, 0.25) is 0 Å². The first-order valence-electron chi connectivity index (χ1n) is 6.47. The maximum absolute atomic E-state index is 8.91. The molecule has 5 nitrogen and oxygen atoms in total. The maximum atomic E-state index is 8.91. The minimum atomic E-state index is -0.0180. The van der Waals surface area contributed by atoms with Crippen molar-refractivity contribution in [2.24, 2.45) is 10.9 Å². The fraction of sp³-hybridized carbons (Fsp3) is 0.200. The number of benzene rings is 1. The zero-order valence-corrected chi connectivity index (χ0v) is 13.4. The van der Waals surface area contributed by atoms with Crippen molar-refractivity contribution >= 4 is 21.8 Å². The van der Waals surface area contributed by atoms with Crippen molar-refractivity contribution in [1.82, 2.24) is 4.98 Å². The van der Waals surface area contributed by atoms with Crippen LogP contribution in [-0.2, 0) is 6.42 Å². The Kier molecular flexibility index (Phi) is 4.80. The normalized spacial score (nSPS) is 11.5. The Morgan fingerprint density at radius 2 is 2.10 bits per heavy atom. The lowest BCUT2D eigenvalue weighted by Gasteiger charge is -2.14. The van der Waals surface area contributed by atoms with Crippen LogP contribution in [0.4, 0.5) is 0 Å². The second-order valence-electron chi connectivity index (χ2n) is 4.45. The van der Waals surface area contributed by atoms with E-state index in [1.54, 1.807) is 12.1 Å². The van der Waals surface area contributed by atoms with E-state index in [1.807, 2.05) is 32.0 Å². The Bertz CT molecular complexity index is 687. The van der Waals surface area contributed by atoms with Crippen molar-refractivity contribution in [3.63, 3.8) is 0 Å². The Morgan fingerprint density at radius 1 is 1.33 bits per heavy atom. The molecule has 6 heteroatoms. The summed E-state index contributed by atoms with van der Waals surface area (Å²) >= 11 is 3.38. The molecule has 0 radical (unpaired) electrons. The molecule has 0 unspecified atom stereocenters. The molecule has 0 saturated heterocycles. The molecule has 3 N–H and O–H groups in total. The second kappa shape index (κ2) is 6.58. The third-order valence-corrected chi connectivity index (χ3v) is 3.63. The molecule has 110 valence electrons. The molecule has 0 amide bonds. The van der Waals surface area contributed by atoms with Gasteiger partial charge in [-0.25, -0.2) is 0 Å².